The predicted molar refractivity (Wildman–Crippen MR) is 60.8 cm³/mol. The predicted octanol–water partition coefficient (Wildman–Crippen LogP) is 3.48. The summed E-state index contributed by atoms with van der Waals surface area (Å²) in [6.07, 6.45) is -1.35. The first kappa shape index (κ1) is 11.5. The molecule has 2 rings (SSSR count). The molecule has 0 bridgehead atoms. The summed E-state index contributed by atoms with van der Waals surface area (Å²) in [7, 11) is 0. The molecule has 1 N–H and O–H groups in total. The Kier molecular flexibility index (Phi) is 3.24. The van der Waals surface area contributed by atoms with Gasteiger partial charge in [0.15, 0.2) is 0 Å². The molecule has 1 aliphatic rings. The van der Waals surface area contributed by atoms with Gasteiger partial charge in [-0.1, -0.05) is 18.2 Å². The third-order valence-corrected chi connectivity index (χ3v) is 3.35. The highest BCUT2D eigenvalue weighted by molar-refractivity contribution is 5.29. The minimum Gasteiger partial charge on any atom is -0.311 e. The van der Waals surface area contributed by atoms with Crippen LogP contribution in [0.5, 0.6) is 0 Å². The molecule has 1 heterocycles. The van der Waals surface area contributed by atoms with Crippen LogP contribution >= 0.6 is 0 Å². The van der Waals surface area contributed by atoms with Gasteiger partial charge in [-0.25, -0.2) is 8.78 Å². The van der Waals surface area contributed by atoms with E-state index in [1.54, 1.807) is 12.1 Å². The molecule has 1 aliphatic heterocycles. The smallest absolute Gasteiger partial charge is 0.263 e. The first-order valence-electron chi connectivity index (χ1n) is 5.72. The number of hydrogen-bond donors (Lipinski definition) is 1. The second-order valence-electron chi connectivity index (χ2n) is 4.67. The van der Waals surface area contributed by atoms with Gasteiger partial charge < -0.3 is 5.32 Å². The Labute approximate surface area is 94.9 Å². The summed E-state index contributed by atoms with van der Waals surface area (Å²) in [5.74, 6) is 0.355. The molecule has 0 amide bonds. The zero-order chi connectivity index (χ0) is 11.7. The third kappa shape index (κ3) is 2.24. The number of benzene rings is 1. The number of alkyl halides is 2. The van der Waals surface area contributed by atoms with Gasteiger partial charge in [-0.2, -0.15) is 0 Å². The van der Waals surface area contributed by atoms with Crippen molar-refractivity contribution in [1.82, 2.24) is 5.32 Å². The zero-order valence-corrected chi connectivity index (χ0v) is 9.58. The van der Waals surface area contributed by atoms with Crippen LogP contribution in [-0.2, 0) is 0 Å². The van der Waals surface area contributed by atoms with Crippen LogP contribution in [-0.4, -0.2) is 12.1 Å². The monoisotopic (exact) mass is 225 g/mol. The van der Waals surface area contributed by atoms with E-state index in [0.717, 1.165) is 12.0 Å². The molecule has 3 unspecified atom stereocenters. The summed E-state index contributed by atoms with van der Waals surface area (Å²) < 4.78 is 25.2. The van der Waals surface area contributed by atoms with Crippen molar-refractivity contribution < 1.29 is 8.78 Å². The fourth-order valence-electron chi connectivity index (χ4n) is 2.57. The van der Waals surface area contributed by atoms with Crippen LogP contribution in [0.15, 0.2) is 24.3 Å². The van der Waals surface area contributed by atoms with E-state index in [0.29, 0.717) is 18.0 Å². The van der Waals surface area contributed by atoms with Crippen LogP contribution in [0, 0.1) is 0 Å². The lowest BCUT2D eigenvalue weighted by molar-refractivity contribution is 0.151. The van der Waals surface area contributed by atoms with Crippen molar-refractivity contribution in [2.24, 2.45) is 0 Å². The molecular formula is C13H17F2N. The maximum absolute atomic E-state index is 12.6. The Morgan fingerprint density at radius 1 is 1.31 bits per heavy atom. The lowest BCUT2D eigenvalue weighted by atomic mass is 9.91. The molecule has 1 saturated heterocycles. The van der Waals surface area contributed by atoms with Gasteiger partial charge in [0.1, 0.15) is 0 Å². The first-order valence-corrected chi connectivity index (χ1v) is 5.72. The Hall–Kier alpha value is -0.960. The van der Waals surface area contributed by atoms with Crippen molar-refractivity contribution in [3.63, 3.8) is 0 Å². The fourth-order valence-corrected chi connectivity index (χ4v) is 2.57. The maximum atomic E-state index is 12.6. The van der Waals surface area contributed by atoms with Gasteiger partial charge in [0.2, 0.25) is 0 Å². The van der Waals surface area contributed by atoms with Crippen molar-refractivity contribution in [3.8, 4) is 0 Å². The SMILES string of the molecule is CC1CC(c2cccc(C(F)F)c2)C(C)N1. The lowest BCUT2D eigenvalue weighted by Crippen LogP contribution is -2.26. The summed E-state index contributed by atoms with van der Waals surface area (Å²) >= 11 is 0. The number of nitrogens with one attached hydrogen (secondary N) is 1. The molecule has 1 aromatic carbocycles. The molecule has 1 fully saturated rings. The Bertz CT molecular complexity index is 365. The molecule has 1 nitrogen and oxygen atoms in total. The minimum absolute atomic E-state index is 0.129. The van der Waals surface area contributed by atoms with Crippen molar-refractivity contribution in [2.45, 2.75) is 44.7 Å². The number of hydrogen-bond acceptors (Lipinski definition) is 1. The molecule has 1 aromatic rings. The second-order valence-corrected chi connectivity index (χ2v) is 4.67. The van der Waals surface area contributed by atoms with Gasteiger partial charge >= 0.3 is 0 Å². The van der Waals surface area contributed by atoms with Crippen LogP contribution in [0.2, 0.25) is 0 Å². The van der Waals surface area contributed by atoms with Gasteiger partial charge in [-0.3, -0.25) is 0 Å². The molecule has 0 saturated carbocycles. The summed E-state index contributed by atoms with van der Waals surface area (Å²) in [4.78, 5) is 0. The van der Waals surface area contributed by atoms with E-state index >= 15 is 0 Å². The maximum Gasteiger partial charge on any atom is 0.263 e. The average Bonchev–Trinajstić information content (AvgIpc) is 2.58. The largest absolute Gasteiger partial charge is 0.311 e. The molecule has 0 spiro atoms. The van der Waals surface area contributed by atoms with Gasteiger partial charge in [-0.05, 0) is 31.9 Å². The minimum atomic E-state index is -2.37. The summed E-state index contributed by atoms with van der Waals surface area (Å²) in [6.45, 7) is 4.25. The number of halogens is 2. The van der Waals surface area contributed by atoms with Crippen LogP contribution in [0.25, 0.3) is 0 Å². The molecule has 3 atom stereocenters. The van der Waals surface area contributed by atoms with Gasteiger partial charge in [0.05, 0.1) is 0 Å². The van der Waals surface area contributed by atoms with Crippen molar-refractivity contribution >= 4 is 0 Å². The molecule has 0 radical (unpaired) electrons. The standard InChI is InChI=1S/C13H17F2N/c1-8-6-12(9(2)16-8)10-4-3-5-11(7-10)13(14)15/h3-5,7-9,12-13,16H,6H2,1-2H3. The van der Waals surface area contributed by atoms with E-state index in [9.17, 15) is 8.78 Å². The van der Waals surface area contributed by atoms with E-state index in [-0.39, 0.29) is 5.56 Å². The fraction of sp³-hybridized carbons (Fsp3) is 0.538. The lowest BCUT2D eigenvalue weighted by Gasteiger charge is -2.16. The second kappa shape index (κ2) is 4.50. The molecule has 0 aliphatic carbocycles. The highest BCUT2D eigenvalue weighted by Crippen LogP contribution is 2.32. The van der Waals surface area contributed by atoms with Crippen molar-refractivity contribution in [2.75, 3.05) is 0 Å². The highest BCUT2D eigenvalue weighted by Gasteiger charge is 2.29. The molecule has 16 heavy (non-hydrogen) atoms. The highest BCUT2D eigenvalue weighted by atomic mass is 19.3. The molecule has 3 heteroatoms. The number of rotatable bonds is 2. The van der Waals surface area contributed by atoms with E-state index in [1.165, 1.54) is 6.07 Å². The average molecular weight is 225 g/mol. The van der Waals surface area contributed by atoms with E-state index < -0.39 is 6.43 Å². The van der Waals surface area contributed by atoms with E-state index in [2.05, 4.69) is 19.2 Å². The molecular weight excluding hydrogens is 208 g/mol. The topological polar surface area (TPSA) is 12.0 Å². The van der Waals surface area contributed by atoms with Crippen LogP contribution in [0.3, 0.4) is 0 Å². The van der Waals surface area contributed by atoms with Crippen molar-refractivity contribution in [1.29, 1.82) is 0 Å². The first-order chi connectivity index (χ1) is 7.58. The van der Waals surface area contributed by atoms with E-state index in [4.69, 9.17) is 0 Å². The van der Waals surface area contributed by atoms with Crippen LogP contribution in [0.4, 0.5) is 8.78 Å². The van der Waals surface area contributed by atoms with E-state index in [1.807, 2.05) is 6.07 Å². The summed E-state index contributed by atoms with van der Waals surface area (Å²) in [5.41, 5.74) is 1.16. The Balaban J connectivity index is 2.23. The van der Waals surface area contributed by atoms with Gasteiger partial charge in [-0.15, -0.1) is 0 Å². The van der Waals surface area contributed by atoms with Crippen molar-refractivity contribution in [3.05, 3.63) is 35.4 Å². The Morgan fingerprint density at radius 2 is 2.06 bits per heavy atom. The summed E-state index contributed by atoms with van der Waals surface area (Å²) in [5, 5.41) is 3.43. The molecule has 88 valence electrons. The normalized spacial score (nSPS) is 29.9. The van der Waals surface area contributed by atoms with Gasteiger partial charge in [0.25, 0.3) is 6.43 Å². The Morgan fingerprint density at radius 3 is 2.62 bits per heavy atom. The quantitative estimate of drug-likeness (QED) is 0.812. The van der Waals surface area contributed by atoms with Crippen LogP contribution in [0.1, 0.15) is 43.7 Å². The zero-order valence-electron chi connectivity index (χ0n) is 9.58. The summed E-state index contributed by atoms with van der Waals surface area (Å²) in [6, 6.07) is 7.65. The van der Waals surface area contributed by atoms with Gasteiger partial charge in [0, 0.05) is 23.6 Å². The van der Waals surface area contributed by atoms with Crippen LogP contribution < -0.4 is 5.32 Å². The third-order valence-electron chi connectivity index (χ3n) is 3.35. The molecule has 0 aromatic heterocycles.